The summed E-state index contributed by atoms with van der Waals surface area (Å²) in [6.45, 7) is 2.23. The van der Waals surface area contributed by atoms with E-state index >= 15 is 0 Å². The molecule has 2 aromatic heterocycles. The molecule has 3 aromatic rings. The average Bonchev–Trinajstić information content (AvgIpc) is 3.33. The van der Waals surface area contributed by atoms with Crippen molar-refractivity contribution in [2.24, 2.45) is 0 Å². The van der Waals surface area contributed by atoms with Gasteiger partial charge in [0.2, 0.25) is 5.95 Å². The highest BCUT2D eigenvalue weighted by molar-refractivity contribution is 6.04. The highest BCUT2D eigenvalue weighted by atomic mass is 16.3. The largest absolute Gasteiger partial charge is 0.459 e. The van der Waals surface area contributed by atoms with E-state index in [2.05, 4.69) is 9.97 Å². The van der Waals surface area contributed by atoms with Gasteiger partial charge in [0.25, 0.3) is 11.8 Å². The van der Waals surface area contributed by atoms with Crippen LogP contribution in [0.1, 0.15) is 21.0 Å². The van der Waals surface area contributed by atoms with Gasteiger partial charge in [-0.3, -0.25) is 9.59 Å². The highest BCUT2D eigenvalue weighted by Gasteiger charge is 2.25. The normalized spacial score (nSPS) is 14.0. The van der Waals surface area contributed by atoms with Crippen LogP contribution in [0.5, 0.6) is 0 Å². The van der Waals surface area contributed by atoms with E-state index in [9.17, 15) is 9.59 Å². The van der Waals surface area contributed by atoms with Crippen molar-refractivity contribution >= 4 is 23.5 Å². The second-order valence-corrected chi connectivity index (χ2v) is 6.70. The Morgan fingerprint density at radius 1 is 1.00 bits per heavy atom. The number of rotatable bonds is 4. The van der Waals surface area contributed by atoms with Gasteiger partial charge < -0.3 is 19.1 Å². The van der Waals surface area contributed by atoms with E-state index in [0.29, 0.717) is 43.6 Å². The quantitative estimate of drug-likeness (QED) is 0.679. The smallest absolute Gasteiger partial charge is 0.289 e. The molecule has 4 rings (SSSR count). The van der Waals surface area contributed by atoms with Gasteiger partial charge in [0.15, 0.2) is 5.76 Å². The molecule has 0 spiro atoms. The molecule has 1 aromatic carbocycles. The standard InChI is InChI=1S/C21H21N5O3/c1-24(16-6-3-2-4-7-16)19(27)17-9-10-22-21(23-17)26-13-11-25(12-14-26)20(28)18-8-5-15-29-18/h2-10,15H,11-14H2,1H3. The van der Waals surface area contributed by atoms with Crippen LogP contribution in [0.3, 0.4) is 0 Å². The lowest BCUT2D eigenvalue weighted by atomic mass is 10.2. The first-order valence-electron chi connectivity index (χ1n) is 9.37. The Balaban J connectivity index is 1.43. The fourth-order valence-corrected chi connectivity index (χ4v) is 3.23. The molecule has 3 heterocycles. The summed E-state index contributed by atoms with van der Waals surface area (Å²) in [5, 5.41) is 0. The van der Waals surface area contributed by atoms with Crippen molar-refractivity contribution < 1.29 is 14.0 Å². The Morgan fingerprint density at radius 3 is 2.45 bits per heavy atom. The molecule has 0 saturated carbocycles. The third-order valence-electron chi connectivity index (χ3n) is 4.89. The second-order valence-electron chi connectivity index (χ2n) is 6.70. The lowest BCUT2D eigenvalue weighted by molar-refractivity contribution is 0.0714. The molecule has 0 N–H and O–H groups in total. The summed E-state index contributed by atoms with van der Waals surface area (Å²) in [5.41, 5.74) is 1.12. The predicted molar refractivity (Wildman–Crippen MR) is 108 cm³/mol. The van der Waals surface area contributed by atoms with Crippen molar-refractivity contribution in [2.75, 3.05) is 43.0 Å². The van der Waals surface area contributed by atoms with Gasteiger partial charge in [0.05, 0.1) is 6.26 Å². The van der Waals surface area contributed by atoms with Gasteiger partial charge in [0.1, 0.15) is 5.69 Å². The van der Waals surface area contributed by atoms with Gasteiger partial charge >= 0.3 is 0 Å². The Morgan fingerprint density at radius 2 is 1.76 bits per heavy atom. The number of anilines is 2. The number of benzene rings is 1. The summed E-state index contributed by atoms with van der Waals surface area (Å²) in [7, 11) is 1.72. The molecule has 0 aliphatic carbocycles. The van der Waals surface area contributed by atoms with Crippen LogP contribution in [0.15, 0.2) is 65.4 Å². The van der Waals surface area contributed by atoms with Gasteiger partial charge in [-0.15, -0.1) is 0 Å². The van der Waals surface area contributed by atoms with Crippen LogP contribution in [0.4, 0.5) is 11.6 Å². The summed E-state index contributed by atoms with van der Waals surface area (Å²) in [4.78, 5) is 39.3. The summed E-state index contributed by atoms with van der Waals surface area (Å²) in [6, 6.07) is 14.4. The predicted octanol–water partition coefficient (Wildman–Crippen LogP) is 2.31. The summed E-state index contributed by atoms with van der Waals surface area (Å²) in [6.07, 6.45) is 3.08. The first-order chi connectivity index (χ1) is 14.1. The van der Waals surface area contributed by atoms with Crippen LogP contribution in [0, 0.1) is 0 Å². The van der Waals surface area contributed by atoms with Crippen LogP contribution < -0.4 is 9.80 Å². The minimum Gasteiger partial charge on any atom is -0.459 e. The number of carbonyl (C=O) groups is 2. The van der Waals surface area contributed by atoms with Crippen molar-refractivity contribution in [1.29, 1.82) is 0 Å². The fourth-order valence-electron chi connectivity index (χ4n) is 3.23. The van der Waals surface area contributed by atoms with E-state index in [0.717, 1.165) is 5.69 Å². The topological polar surface area (TPSA) is 82.8 Å². The van der Waals surface area contributed by atoms with Crippen LogP contribution in [0.2, 0.25) is 0 Å². The Kier molecular flexibility index (Phi) is 5.24. The first kappa shape index (κ1) is 18.7. The van der Waals surface area contributed by atoms with E-state index in [-0.39, 0.29) is 11.8 Å². The minimum absolute atomic E-state index is 0.121. The van der Waals surface area contributed by atoms with Crippen molar-refractivity contribution in [2.45, 2.75) is 0 Å². The number of hydrogen-bond acceptors (Lipinski definition) is 6. The molecule has 0 atom stereocenters. The van der Waals surface area contributed by atoms with Crippen LogP contribution in [0.25, 0.3) is 0 Å². The van der Waals surface area contributed by atoms with Crippen molar-refractivity contribution in [3.8, 4) is 0 Å². The number of para-hydroxylation sites is 1. The zero-order valence-electron chi connectivity index (χ0n) is 16.1. The number of amides is 2. The number of nitrogens with zero attached hydrogens (tertiary/aromatic N) is 5. The van der Waals surface area contributed by atoms with Gasteiger partial charge in [0, 0.05) is 45.1 Å². The molecule has 8 nitrogen and oxygen atoms in total. The Labute approximate surface area is 168 Å². The molecule has 1 aliphatic heterocycles. The summed E-state index contributed by atoms with van der Waals surface area (Å²) >= 11 is 0. The minimum atomic E-state index is -0.202. The van der Waals surface area contributed by atoms with Crippen LogP contribution in [-0.2, 0) is 0 Å². The van der Waals surface area contributed by atoms with Crippen molar-refractivity contribution in [1.82, 2.24) is 14.9 Å². The number of carbonyl (C=O) groups excluding carboxylic acids is 2. The lowest BCUT2D eigenvalue weighted by Gasteiger charge is -2.34. The van der Waals surface area contributed by atoms with Crippen molar-refractivity contribution in [3.63, 3.8) is 0 Å². The van der Waals surface area contributed by atoms with E-state index in [1.54, 1.807) is 41.2 Å². The number of aromatic nitrogens is 2. The summed E-state index contributed by atoms with van der Waals surface area (Å²) in [5.74, 6) is 0.504. The average molecular weight is 391 g/mol. The number of piperazine rings is 1. The van der Waals surface area contributed by atoms with Gasteiger partial charge in [-0.2, -0.15) is 0 Å². The van der Waals surface area contributed by atoms with Crippen LogP contribution >= 0.6 is 0 Å². The summed E-state index contributed by atoms with van der Waals surface area (Å²) < 4.78 is 5.19. The van der Waals surface area contributed by atoms with E-state index < -0.39 is 0 Å². The van der Waals surface area contributed by atoms with Gasteiger partial charge in [-0.1, -0.05) is 18.2 Å². The molecule has 2 amide bonds. The molecule has 1 saturated heterocycles. The SMILES string of the molecule is CN(C(=O)c1ccnc(N2CCN(C(=O)c3ccco3)CC2)n1)c1ccccc1. The monoisotopic (exact) mass is 391 g/mol. The second kappa shape index (κ2) is 8.14. The van der Waals surface area contributed by atoms with E-state index in [1.807, 2.05) is 35.2 Å². The maximum Gasteiger partial charge on any atom is 0.289 e. The Hall–Kier alpha value is -3.68. The third kappa shape index (κ3) is 3.96. The highest BCUT2D eigenvalue weighted by Crippen LogP contribution is 2.17. The number of furan rings is 1. The molecule has 148 valence electrons. The molecule has 0 unspecified atom stereocenters. The molecule has 0 bridgehead atoms. The third-order valence-corrected chi connectivity index (χ3v) is 4.89. The maximum absolute atomic E-state index is 12.8. The van der Waals surface area contributed by atoms with E-state index in [1.165, 1.54) is 6.26 Å². The molecule has 0 radical (unpaired) electrons. The van der Waals surface area contributed by atoms with Crippen LogP contribution in [-0.4, -0.2) is 59.9 Å². The molecular formula is C21H21N5O3. The zero-order valence-corrected chi connectivity index (χ0v) is 16.1. The molecular weight excluding hydrogens is 370 g/mol. The van der Waals surface area contributed by atoms with Gasteiger partial charge in [-0.05, 0) is 30.3 Å². The number of hydrogen-bond donors (Lipinski definition) is 0. The Bertz CT molecular complexity index is 983. The molecule has 1 fully saturated rings. The van der Waals surface area contributed by atoms with E-state index in [4.69, 9.17) is 4.42 Å². The van der Waals surface area contributed by atoms with Crippen molar-refractivity contribution in [3.05, 3.63) is 72.4 Å². The molecule has 8 heteroatoms. The molecule has 29 heavy (non-hydrogen) atoms. The lowest BCUT2D eigenvalue weighted by Crippen LogP contribution is -2.49. The molecule has 1 aliphatic rings. The van der Waals surface area contributed by atoms with Gasteiger partial charge in [-0.25, -0.2) is 9.97 Å². The first-order valence-corrected chi connectivity index (χ1v) is 9.37. The zero-order chi connectivity index (χ0) is 20.2. The maximum atomic E-state index is 12.8. The fraction of sp³-hybridized carbons (Fsp3) is 0.238.